The molecule has 2 aliphatic heterocycles. The number of anilines is 1. The van der Waals surface area contributed by atoms with Gasteiger partial charge in [-0.1, -0.05) is 26.8 Å². The maximum atomic E-state index is 12.4. The molecule has 0 bridgehead atoms. The van der Waals surface area contributed by atoms with Gasteiger partial charge < -0.3 is 5.32 Å². The normalized spacial score (nSPS) is 32.0. The fraction of sp³-hybridized carbons (Fsp3) is 0.625. The first kappa shape index (κ1) is 13.6. The van der Waals surface area contributed by atoms with Crippen molar-refractivity contribution in [2.45, 2.75) is 45.3 Å². The number of nitrogens with zero attached hydrogens (tertiary/aromatic N) is 2. The average molecular weight is 273 g/mol. The van der Waals surface area contributed by atoms with Crippen molar-refractivity contribution in [3.8, 4) is 0 Å². The second-order valence-electron chi connectivity index (χ2n) is 6.31. The number of hydrogen-bond donors (Lipinski definition) is 1. The van der Waals surface area contributed by atoms with Gasteiger partial charge >= 0.3 is 0 Å². The van der Waals surface area contributed by atoms with E-state index in [0.29, 0.717) is 30.0 Å². The third-order valence-corrected chi connectivity index (χ3v) is 4.93. The van der Waals surface area contributed by atoms with E-state index in [1.165, 1.54) is 5.56 Å². The number of Topliss-reactive ketones (excluding diaryl/α,β-unsaturated/α-hetero) is 1. The molecule has 4 heteroatoms. The van der Waals surface area contributed by atoms with E-state index in [-0.39, 0.29) is 12.2 Å². The Bertz CT molecular complexity index is 528. The Labute approximate surface area is 120 Å². The van der Waals surface area contributed by atoms with Gasteiger partial charge in [0.05, 0.1) is 12.2 Å². The molecule has 1 N–H and O–H groups in total. The first-order valence-electron chi connectivity index (χ1n) is 7.52. The Hall–Kier alpha value is -1.42. The molecule has 0 radical (unpaired) electrons. The Balaban J connectivity index is 2.04. The van der Waals surface area contributed by atoms with Crippen molar-refractivity contribution >= 4 is 11.6 Å². The number of ketones is 1. The number of aromatic nitrogens is 1. The Morgan fingerprint density at radius 3 is 2.90 bits per heavy atom. The number of likely N-dealkylation sites (N-methyl/N-ethyl adjacent to an activating group) is 1. The summed E-state index contributed by atoms with van der Waals surface area (Å²) >= 11 is 0. The molecule has 1 fully saturated rings. The Morgan fingerprint density at radius 2 is 2.25 bits per heavy atom. The van der Waals surface area contributed by atoms with Crippen LogP contribution in [0, 0.1) is 11.8 Å². The number of carbonyl (C=O) groups excluding carboxylic acids is 1. The fourth-order valence-electron chi connectivity index (χ4n) is 4.05. The quantitative estimate of drug-likeness (QED) is 0.919. The SMILES string of the molecule is CCC(=O)C1C(C(C)C)C2c3cccnc3NC2N1C. The predicted molar refractivity (Wildman–Crippen MR) is 79.6 cm³/mol. The molecule has 4 nitrogen and oxygen atoms in total. The van der Waals surface area contributed by atoms with Gasteiger partial charge in [0.1, 0.15) is 11.6 Å². The van der Waals surface area contributed by atoms with Crippen LogP contribution in [0.15, 0.2) is 18.3 Å². The molecule has 4 unspecified atom stereocenters. The van der Waals surface area contributed by atoms with E-state index >= 15 is 0 Å². The topological polar surface area (TPSA) is 45.2 Å². The maximum absolute atomic E-state index is 12.4. The molecule has 108 valence electrons. The molecule has 0 saturated carbocycles. The summed E-state index contributed by atoms with van der Waals surface area (Å²) in [6, 6.07) is 4.17. The van der Waals surface area contributed by atoms with Gasteiger partial charge in [0.2, 0.25) is 0 Å². The molecule has 1 aromatic rings. The minimum Gasteiger partial charge on any atom is -0.354 e. The highest BCUT2D eigenvalue weighted by atomic mass is 16.1. The number of nitrogens with one attached hydrogen (secondary N) is 1. The monoisotopic (exact) mass is 273 g/mol. The number of carbonyl (C=O) groups is 1. The van der Waals surface area contributed by atoms with E-state index in [2.05, 4.69) is 42.2 Å². The lowest BCUT2D eigenvalue weighted by Gasteiger charge is -2.29. The lowest BCUT2D eigenvalue weighted by Crippen LogP contribution is -2.43. The molecule has 1 saturated heterocycles. The summed E-state index contributed by atoms with van der Waals surface area (Å²) in [6.45, 7) is 6.42. The fourth-order valence-corrected chi connectivity index (χ4v) is 4.05. The molecule has 0 aromatic carbocycles. The molecule has 20 heavy (non-hydrogen) atoms. The molecule has 0 amide bonds. The summed E-state index contributed by atoms with van der Waals surface area (Å²) < 4.78 is 0. The molecule has 0 aliphatic carbocycles. The molecular weight excluding hydrogens is 250 g/mol. The minimum absolute atomic E-state index is 0.0239. The molecule has 2 aliphatic rings. The summed E-state index contributed by atoms with van der Waals surface area (Å²) in [4.78, 5) is 19.1. The van der Waals surface area contributed by atoms with Gasteiger partial charge in [0, 0.05) is 24.1 Å². The van der Waals surface area contributed by atoms with Gasteiger partial charge in [0.15, 0.2) is 0 Å². The van der Waals surface area contributed by atoms with Gasteiger partial charge in [0.25, 0.3) is 0 Å². The number of fused-ring (bicyclic) bond motifs is 3. The zero-order valence-corrected chi connectivity index (χ0v) is 12.6. The number of pyridine rings is 1. The van der Waals surface area contributed by atoms with Crippen molar-refractivity contribution in [1.29, 1.82) is 0 Å². The van der Waals surface area contributed by atoms with Crippen molar-refractivity contribution in [1.82, 2.24) is 9.88 Å². The molecule has 3 rings (SSSR count). The van der Waals surface area contributed by atoms with Gasteiger partial charge in [-0.15, -0.1) is 0 Å². The standard InChI is InChI=1S/C16H23N3O/c1-5-11(20)14-12(9(2)3)13-10-7-6-8-17-15(10)18-16(13)19(14)4/h6-9,12-14,16H,5H2,1-4H3,(H,17,18). The number of likely N-dealkylation sites (tertiary alicyclic amines) is 1. The van der Waals surface area contributed by atoms with Gasteiger partial charge in [-0.2, -0.15) is 0 Å². The van der Waals surface area contributed by atoms with Crippen LogP contribution in [0.3, 0.4) is 0 Å². The molecule has 4 atom stereocenters. The molecular formula is C16H23N3O. The van der Waals surface area contributed by atoms with Crippen LogP contribution in [0.5, 0.6) is 0 Å². The van der Waals surface area contributed by atoms with Crippen LogP contribution in [-0.4, -0.2) is 34.9 Å². The highest BCUT2D eigenvalue weighted by Crippen LogP contribution is 2.50. The third kappa shape index (κ3) is 1.78. The summed E-state index contributed by atoms with van der Waals surface area (Å²) in [5.74, 6) is 2.54. The third-order valence-electron chi connectivity index (χ3n) is 4.93. The molecule has 3 heterocycles. The van der Waals surface area contributed by atoms with Crippen molar-refractivity contribution in [2.75, 3.05) is 12.4 Å². The van der Waals surface area contributed by atoms with Crippen LogP contribution in [0.2, 0.25) is 0 Å². The van der Waals surface area contributed by atoms with Crippen molar-refractivity contribution in [2.24, 2.45) is 11.8 Å². The second kappa shape index (κ2) is 4.85. The summed E-state index contributed by atoms with van der Waals surface area (Å²) in [6.07, 6.45) is 2.64. The van der Waals surface area contributed by atoms with Crippen molar-refractivity contribution < 1.29 is 4.79 Å². The van der Waals surface area contributed by atoms with Crippen molar-refractivity contribution in [3.63, 3.8) is 0 Å². The molecule has 0 spiro atoms. The zero-order chi connectivity index (χ0) is 14.4. The largest absolute Gasteiger partial charge is 0.354 e. The lowest BCUT2D eigenvalue weighted by molar-refractivity contribution is -0.124. The molecule has 1 aromatic heterocycles. The highest BCUT2D eigenvalue weighted by molar-refractivity contribution is 5.85. The average Bonchev–Trinajstić information content (AvgIpc) is 2.94. The predicted octanol–water partition coefficient (Wildman–Crippen LogP) is 2.48. The first-order chi connectivity index (χ1) is 9.56. The number of rotatable bonds is 3. The summed E-state index contributed by atoms with van der Waals surface area (Å²) in [7, 11) is 2.07. The Kier molecular flexibility index (Phi) is 3.28. The van der Waals surface area contributed by atoms with Crippen LogP contribution in [0.1, 0.15) is 38.7 Å². The van der Waals surface area contributed by atoms with Gasteiger partial charge in [-0.25, -0.2) is 4.98 Å². The highest BCUT2D eigenvalue weighted by Gasteiger charge is 2.54. The van der Waals surface area contributed by atoms with E-state index in [9.17, 15) is 4.79 Å². The van der Waals surface area contributed by atoms with Crippen LogP contribution >= 0.6 is 0 Å². The second-order valence-corrected chi connectivity index (χ2v) is 6.31. The lowest BCUT2D eigenvalue weighted by atomic mass is 9.77. The zero-order valence-electron chi connectivity index (χ0n) is 12.6. The van der Waals surface area contributed by atoms with Gasteiger partial charge in [-0.3, -0.25) is 9.69 Å². The Morgan fingerprint density at radius 1 is 1.50 bits per heavy atom. The van der Waals surface area contributed by atoms with Gasteiger partial charge in [-0.05, 0) is 24.9 Å². The van der Waals surface area contributed by atoms with E-state index in [4.69, 9.17) is 0 Å². The van der Waals surface area contributed by atoms with E-state index in [0.717, 1.165) is 5.82 Å². The van der Waals surface area contributed by atoms with E-state index < -0.39 is 0 Å². The summed E-state index contributed by atoms with van der Waals surface area (Å²) in [5.41, 5.74) is 1.27. The van der Waals surface area contributed by atoms with E-state index in [1.54, 1.807) is 0 Å². The van der Waals surface area contributed by atoms with Crippen LogP contribution < -0.4 is 5.32 Å². The minimum atomic E-state index is 0.0239. The van der Waals surface area contributed by atoms with Crippen LogP contribution in [0.25, 0.3) is 0 Å². The van der Waals surface area contributed by atoms with E-state index in [1.807, 2.05) is 19.2 Å². The maximum Gasteiger partial charge on any atom is 0.150 e. The smallest absolute Gasteiger partial charge is 0.150 e. The van der Waals surface area contributed by atoms with Crippen LogP contribution in [-0.2, 0) is 4.79 Å². The number of hydrogen-bond acceptors (Lipinski definition) is 4. The first-order valence-corrected chi connectivity index (χ1v) is 7.52. The van der Waals surface area contributed by atoms with Crippen molar-refractivity contribution in [3.05, 3.63) is 23.9 Å². The summed E-state index contributed by atoms with van der Waals surface area (Å²) in [5, 5.41) is 3.50. The van der Waals surface area contributed by atoms with Crippen LogP contribution in [0.4, 0.5) is 5.82 Å².